The Morgan fingerprint density at radius 2 is 0.914 bits per heavy atom. The zero-order chi connectivity index (χ0) is 41.4. The number of carbonyl (C=O) groups is 3. The number of methoxy groups -OCH3 is 1. The summed E-state index contributed by atoms with van der Waals surface area (Å²) in [6.45, 7) is 11.7. The van der Waals surface area contributed by atoms with E-state index in [0.29, 0.717) is 177 Å². The van der Waals surface area contributed by atoms with Gasteiger partial charge in [0.25, 0.3) is 0 Å². The van der Waals surface area contributed by atoms with Crippen LogP contribution >= 0.6 is 11.8 Å². The summed E-state index contributed by atoms with van der Waals surface area (Å²) in [6.07, 6.45) is 3.56. The van der Waals surface area contributed by atoms with Crippen LogP contribution in [-0.2, 0) is 71.2 Å². The maximum absolute atomic E-state index is 12.0. The average Bonchev–Trinajstić information content (AvgIpc) is 3.79. The number of fused-ring (bicyclic) bond motifs is 1. The highest BCUT2D eigenvalue weighted by Gasteiger charge is 2.42. The Morgan fingerprint density at radius 1 is 0.534 bits per heavy atom. The third-order valence-electron chi connectivity index (χ3n) is 8.42. The standard InChI is InChI=1S/C38H71N3O16S/c1-45-36(43)6-8-46-10-12-48-14-16-50-18-20-52-22-24-54-26-28-56-30-31-57-29-27-55-25-23-53-21-19-51-17-15-49-13-11-47-9-7-39-35(42)5-3-2-4-34-37-33(32-58-34)40-38(44)41-37/h33-34,37H,2-32H2,1H3,(H,39,42)(H2,40,41,44)/t33-,34-,37-/m0/s1. The highest BCUT2D eigenvalue weighted by atomic mass is 32.2. The lowest BCUT2D eigenvalue weighted by molar-refractivity contribution is -0.142. The predicted molar refractivity (Wildman–Crippen MR) is 213 cm³/mol. The van der Waals surface area contributed by atoms with Crippen LogP contribution in [0.4, 0.5) is 4.79 Å². The van der Waals surface area contributed by atoms with Gasteiger partial charge in [-0.15, -0.1) is 0 Å². The lowest BCUT2D eigenvalue weighted by Crippen LogP contribution is -2.36. The molecule has 0 spiro atoms. The summed E-state index contributed by atoms with van der Waals surface area (Å²) in [6, 6.07) is 0.397. The molecule has 2 heterocycles. The van der Waals surface area contributed by atoms with Crippen molar-refractivity contribution in [2.75, 3.05) is 178 Å². The quantitative estimate of drug-likeness (QED) is 0.0436. The fraction of sp³-hybridized carbons (Fsp3) is 0.921. The highest BCUT2D eigenvalue weighted by Crippen LogP contribution is 2.33. The summed E-state index contributed by atoms with van der Waals surface area (Å²) >= 11 is 1.90. The molecule has 0 aromatic heterocycles. The minimum absolute atomic E-state index is 0.0396. The molecule has 0 aliphatic carbocycles. The second-order valence-electron chi connectivity index (χ2n) is 12.9. The van der Waals surface area contributed by atoms with Crippen LogP contribution < -0.4 is 16.0 Å². The molecule has 0 radical (unpaired) electrons. The van der Waals surface area contributed by atoms with E-state index in [1.165, 1.54) is 7.11 Å². The van der Waals surface area contributed by atoms with Crippen molar-refractivity contribution in [3.05, 3.63) is 0 Å². The number of rotatable bonds is 44. The van der Waals surface area contributed by atoms with Crippen molar-refractivity contribution in [2.24, 2.45) is 0 Å². The molecule has 0 saturated carbocycles. The maximum atomic E-state index is 12.0. The van der Waals surface area contributed by atoms with Crippen molar-refractivity contribution in [3.8, 4) is 0 Å². The molecule has 0 aromatic rings. The van der Waals surface area contributed by atoms with E-state index < -0.39 is 0 Å². The van der Waals surface area contributed by atoms with Gasteiger partial charge in [-0.05, 0) is 12.8 Å². The summed E-state index contributed by atoms with van der Waals surface area (Å²) in [5.41, 5.74) is 0. The first-order valence-electron chi connectivity index (χ1n) is 20.5. The SMILES string of the molecule is COC(=O)CCOCCOCCOCCOCCOCCOCCOCCOCCOCCOCCOCCOCCNC(=O)CCCC[C@@H]1SC[C@@H]2NC(=O)N[C@@H]21. The van der Waals surface area contributed by atoms with Crippen molar-refractivity contribution in [1.29, 1.82) is 0 Å². The monoisotopic (exact) mass is 857 g/mol. The van der Waals surface area contributed by atoms with Crippen LogP contribution in [0.2, 0.25) is 0 Å². The molecule has 3 amide bonds. The van der Waals surface area contributed by atoms with Gasteiger partial charge in [0.2, 0.25) is 5.91 Å². The van der Waals surface area contributed by atoms with E-state index in [0.717, 1.165) is 25.0 Å². The Balaban J connectivity index is 1.13. The van der Waals surface area contributed by atoms with E-state index >= 15 is 0 Å². The Kier molecular flexibility index (Phi) is 35.3. The van der Waals surface area contributed by atoms with E-state index in [4.69, 9.17) is 56.8 Å². The Labute approximate surface area is 348 Å². The third-order valence-corrected chi connectivity index (χ3v) is 9.93. The second kappa shape index (κ2) is 39.2. The van der Waals surface area contributed by atoms with Crippen LogP contribution in [0.5, 0.6) is 0 Å². The molecule has 0 aromatic carbocycles. The molecule has 19 nitrogen and oxygen atoms in total. The Hall–Kier alpha value is -1.92. The number of thioether (sulfide) groups is 1. The molecule has 58 heavy (non-hydrogen) atoms. The van der Waals surface area contributed by atoms with Gasteiger partial charge in [0.15, 0.2) is 0 Å². The number of hydrogen-bond acceptors (Lipinski definition) is 17. The smallest absolute Gasteiger partial charge is 0.315 e. The van der Waals surface area contributed by atoms with Gasteiger partial charge in [-0.3, -0.25) is 9.59 Å². The fourth-order valence-corrected chi connectivity index (χ4v) is 6.95. The summed E-state index contributed by atoms with van der Waals surface area (Å²) in [5, 5.41) is 9.28. The zero-order valence-electron chi connectivity index (χ0n) is 34.6. The van der Waals surface area contributed by atoms with E-state index in [2.05, 4.69) is 20.7 Å². The maximum Gasteiger partial charge on any atom is 0.315 e. The largest absolute Gasteiger partial charge is 0.469 e. The first-order chi connectivity index (χ1) is 28.6. The lowest BCUT2D eigenvalue weighted by Gasteiger charge is -2.16. The molecule has 2 aliphatic heterocycles. The van der Waals surface area contributed by atoms with Crippen LogP contribution in [0, 0.1) is 0 Å². The predicted octanol–water partition coefficient (Wildman–Crippen LogP) is 0.591. The lowest BCUT2D eigenvalue weighted by atomic mass is 10.0. The van der Waals surface area contributed by atoms with Crippen molar-refractivity contribution in [1.82, 2.24) is 16.0 Å². The first-order valence-corrected chi connectivity index (χ1v) is 21.6. The van der Waals surface area contributed by atoms with Crippen molar-refractivity contribution in [3.63, 3.8) is 0 Å². The second-order valence-corrected chi connectivity index (χ2v) is 14.2. The molecule has 2 fully saturated rings. The van der Waals surface area contributed by atoms with Gasteiger partial charge in [-0.25, -0.2) is 4.79 Å². The topological polar surface area (TPSA) is 207 Å². The molecule has 2 saturated heterocycles. The van der Waals surface area contributed by atoms with E-state index in [1.54, 1.807) is 0 Å². The van der Waals surface area contributed by atoms with Crippen LogP contribution in [-0.4, -0.2) is 213 Å². The van der Waals surface area contributed by atoms with Gasteiger partial charge in [0.05, 0.1) is 184 Å². The van der Waals surface area contributed by atoms with Crippen LogP contribution in [0.1, 0.15) is 32.1 Å². The van der Waals surface area contributed by atoms with E-state index in [9.17, 15) is 14.4 Å². The number of amides is 3. The van der Waals surface area contributed by atoms with E-state index in [1.807, 2.05) is 11.8 Å². The Bertz CT molecular complexity index is 994. The molecule has 0 unspecified atom stereocenters. The zero-order valence-corrected chi connectivity index (χ0v) is 35.4. The van der Waals surface area contributed by atoms with Crippen molar-refractivity contribution < 1.29 is 76.0 Å². The minimum atomic E-state index is -0.291. The molecular weight excluding hydrogens is 786 g/mol. The Morgan fingerprint density at radius 3 is 1.31 bits per heavy atom. The highest BCUT2D eigenvalue weighted by molar-refractivity contribution is 8.00. The first kappa shape index (κ1) is 52.2. The number of unbranched alkanes of at least 4 members (excludes halogenated alkanes) is 1. The van der Waals surface area contributed by atoms with Gasteiger partial charge >= 0.3 is 12.0 Å². The molecule has 2 rings (SSSR count). The number of ether oxygens (including phenoxy) is 13. The van der Waals surface area contributed by atoms with Gasteiger partial charge in [0, 0.05) is 24.0 Å². The van der Waals surface area contributed by atoms with Crippen LogP contribution in [0.15, 0.2) is 0 Å². The minimum Gasteiger partial charge on any atom is -0.469 e. The number of carbonyl (C=O) groups excluding carboxylic acids is 3. The van der Waals surface area contributed by atoms with E-state index in [-0.39, 0.29) is 36.4 Å². The summed E-state index contributed by atoms with van der Waals surface area (Å²) < 4.78 is 70.0. The van der Waals surface area contributed by atoms with Gasteiger partial charge < -0.3 is 77.5 Å². The number of nitrogens with one attached hydrogen (secondary N) is 3. The number of urea groups is 1. The molecule has 2 aliphatic rings. The third kappa shape index (κ3) is 31.0. The molecular formula is C38H71N3O16S. The normalized spacial score (nSPS) is 17.3. The number of hydrogen-bond donors (Lipinski definition) is 3. The van der Waals surface area contributed by atoms with Crippen LogP contribution in [0.25, 0.3) is 0 Å². The number of esters is 1. The van der Waals surface area contributed by atoms with Crippen molar-refractivity contribution in [2.45, 2.75) is 49.4 Å². The molecule has 0 bridgehead atoms. The molecule has 20 heteroatoms. The van der Waals surface area contributed by atoms with Gasteiger partial charge in [0.1, 0.15) is 0 Å². The summed E-state index contributed by atoms with van der Waals surface area (Å²) in [7, 11) is 1.35. The van der Waals surface area contributed by atoms with Gasteiger partial charge in [-0.2, -0.15) is 11.8 Å². The fourth-order valence-electron chi connectivity index (χ4n) is 5.40. The summed E-state index contributed by atoms with van der Waals surface area (Å²) in [5.74, 6) is 0.705. The van der Waals surface area contributed by atoms with Gasteiger partial charge in [-0.1, -0.05) is 6.42 Å². The average molecular weight is 858 g/mol. The van der Waals surface area contributed by atoms with Crippen molar-refractivity contribution >= 4 is 29.7 Å². The molecule has 3 N–H and O–H groups in total. The van der Waals surface area contributed by atoms with Crippen LogP contribution in [0.3, 0.4) is 0 Å². The molecule has 3 atom stereocenters. The molecule has 340 valence electrons. The summed E-state index contributed by atoms with van der Waals surface area (Å²) in [4.78, 5) is 34.5.